The Balaban J connectivity index is 2.36. The van der Waals surface area contributed by atoms with Crippen LogP contribution < -0.4 is 0 Å². The van der Waals surface area contributed by atoms with E-state index in [1.165, 1.54) is 11.1 Å². The van der Waals surface area contributed by atoms with E-state index in [2.05, 4.69) is 62.4 Å². The van der Waals surface area contributed by atoms with Gasteiger partial charge in [-0.2, -0.15) is 0 Å². The molecule has 0 saturated heterocycles. The molecule has 0 aromatic heterocycles. The molecule has 1 aliphatic carbocycles. The summed E-state index contributed by atoms with van der Waals surface area (Å²) < 4.78 is 0. The van der Waals surface area contributed by atoms with Gasteiger partial charge in [0.05, 0.1) is 0 Å². The summed E-state index contributed by atoms with van der Waals surface area (Å²) >= 11 is 0. The summed E-state index contributed by atoms with van der Waals surface area (Å²) in [6.45, 7) is 4.55. The summed E-state index contributed by atoms with van der Waals surface area (Å²) in [5, 5.41) is 0. The van der Waals surface area contributed by atoms with E-state index >= 15 is 0 Å². The first-order valence-electron chi connectivity index (χ1n) is 5.12. The van der Waals surface area contributed by atoms with Crippen molar-refractivity contribution >= 4 is 5.57 Å². The predicted molar refractivity (Wildman–Crippen MR) is 62.0 cm³/mol. The maximum absolute atomic E-state index is 2.36. The summed E-state index contributed by atoms with van der Waals surface area (Å²) in [5.74, 6) is 0. The summed E-state index contributed by atoms with van der Waals surface area (Å²) in [4.78, 5) is 0. The Morgan fingerprint density at radius 3 is 2.43 bits per heavy atom. The fraction of sp³-hybridized carbons (Fsp3) is 0.286. The highest BCUT2D eigenvalue weighted by molar-refractivity contribution is 5.75. The van der Waals surface area contributed by atoms with Gasteiger partial charge in [0, 0.05) is 0 Å². The minimum atomic E-state index is 0.305. The minimum Gasteiger partial charge on any atom is -0.0831 e. The molecular formula is C14H16. The topological polar surface area (TPSA) is 0 Å². The van der Waals surface area contributed by atoms with Gasteiger partial charge in [-0.1, -0.05) is 62.4 Å². The fourth-order valence-electron chi connectivity index (χ4n) is 1.83. The van der Waals surface area contributed by atoms with Crippen molar-refractivity contribution in [1.82, 2.24) is 0 Å². The van der Waals surface area contributed by atoms with Crippen LogP contribution in [0, 0.1) is 5.41 Å². The van der Waals surface area contributed by atoms with E-state index in [1.54, 1.807) is 0 Å². The Bertz CT molecular complexity index is 366. The van der Waals surface area contributed by atoms with Gasteiger partial charge in [0.1, 0.15) is 0 Å². The number of rotatable bonds is 1. The van der Waals surface area contributed by atoms with Crippen molar-refractivity contribution in [3.8, 4) is 0 Å². The van der Waals surface area contributed by atoms with E-state index < -0.39 is 0 Å². The molecule has 0 radical (unpaired) electrons. The van der Waals surface area contributed by atoms with Crippen molar-refractivity contribution in [1.29, 1.82) is 0 Å². The lowest BCUT2D eigenvalue weighted by Crippen LogP contribution is -2.09. The molecule has 1 aliphatic rings. The first-order chi connectivity index (χ1) is 6.67. The molecule has 72 valence electrons. The second kappa shape index (κ2) is 3.45. The molecule has 0 nitrogen and oxygen atoms in total. The average molecular weight is 184 g/mol. The maximum atomic E-state index is 2.36. The second-order valence-electron chi connectivity index (χ2n) is 4.56. The molecule has 0 unspecified atom stereocenters. The van der Waals surface area contributed by atoms with Crippen LogP contribution in [0.5, 0.6) is 0 Å². The van der Waals surface area contributed by atoms with Gasteiger partial charge in [-0.05, 0) is 23.0 Å². The molecule has 0 heterocycles. The Labute approximate surface area is 86.0 Å². The summed E-state index contributed by atoms with van der Waals surface area (Å²) in [6, 6.07) is 10.6. The number of benzene rings is 1. The number of hydrogen-bond donors (Lipinski definition) is 0. The zero-order valence-corrected chi connectivity index (χ0v) is 8.83. The third-order valence-corrected chi connectivity index (χ3v) is 2.59. The molecule has 0 N–H and O–H groups in total. The SMILES string of the molecule is CC1(C)C=C(c2ccccc2)C=CC1. The van der Waals surface area contributed by atoms with Crippen molar-refractivity contribution in [2.24, 2.45) is 5.41 Å². The Kier molecular flexibility index (Phi) is 2.28. The van der Waals surface area contributed by atoms with Crippen molar-refractivity contribution in [3.63, 3.8) is 0 Å². The molecule has 2 rings (SSSR count). The Hall–Kier alpha value is -1.30. The summed E-state index contributed by atoms with van der Waals surface area (Å²) in [7, 11) is 0. The molecule has 0 amide bonds. The lowest BCUT2D eigenvalue weighted by atomic mass is 9.82. The van der Waals surface area contributed by atoms with E-state index in [-0.39, 0.29) is 0 Å². The van der Waals surface area contributed by atoms with Gasteiger partial charge >= 0.3 is 0 Å². The first-order valence-corrected chi connectivity index (χ1v) is 5.12. The van der Waals surface area contributed by atoms with Gasteiger partial charge < -0.3 is 0 Å². The van der Waals surface area contributed by atoms with Crippen molar-refractivity contribution in [2.75, 3.05) is 0 Å². The van der Waals surface area contributed by atoms with Crippen molar-refractivity contribution < 1.29 is 0 Å². The smallest absolute Gasteiger partial charge is 0.0131 e. The predicted octanol–water partition coefficient (Wildman–Crippen LogP) is 4.06. The molecule has 1 aromatic rings. The Morgan fingerprint density at radius 2 is 1.79 bits per heavy atom. The van der Waals surface area contributed by atoms with Gasteiger partial charge in [-0.25, -0.2) is 0 Å². The van der Waals surface area contributed by atoms with Crippen LogP contribution in [0.1, 0.15) is 25.8 Å². The molecule has 0 fully saturated rings. The lowest BCUT2D eigenvalue weighted by Gasteiger charge is -2.23. The first kappa shape index (κ1) is 9.26. The zero-order chi connectivity index (χ0) is 10.0. The highest BCUT2D eigenvalue weighted by Gasteiger charge is 2.16. The van der Waals surface area contributed by atoms with Gasteiger partial charge in [0.15, 0.2) is 0 Å². The minimum absolute atomic E-state index is 0.305. The standard InChI is InChI=1S/C14H16/c1-14(2)10-6-9-13(11-14)12-7-4-3-5-8-12/h3-9,11H,10H2,1-2H3. The van der Waals surface area contributed by atoms with Gasteiger partial charge in [-0.3, -0.25) is 0 Å². The van der Waals surface area contributed by atoms with E-state index in [1.807, 2.05) is 0 Å². The average Bonchev–Trinajstić information content (AvgIpc) is 2.18. The van der Waals surface area contributed by atoms with E-state index in [0.29, 0.717) is 5.41 Å². The van der Waals surface area contributed by atoms with Crippen LogP contribution in [-0.2, 0) is 0 Å². The summed E-state index contributed by atoms with van der Waals surface area (Å²) in [6.07, 6.45) is 7.99. The fourth-order valence-corrected chi connectivity index (χ4v) is 1.83. The molecule has 0 saturated carbocycles. The highest BCUT2D eigenvalue weighted by Crippen LogP contribution is 2.32. The van der Waals surface area contributed by atoms with E-state index in [9.17, 15) is 0 Å². The van der Waals surface area contributed by atoms with Crippen LogP contribution in [0.3, 0.4) is 0 Å². The molecule has 1 aromatic carbocycles. The monoisotopic (exact) mass is 184 g/mol. The third-order valence-electron chi connectivity index (χ3n) is 2.59. The third kappa shape index (κ3) is 1.95. The van der Waals surface area contributed by atoms with Crippen LogP contribution in [-0.4, -0.2) is 0 Å². The van der Waals surface area contributed by atoms with Crippen LogP contribution in [0.25, 0.3) is 5.57 Å². The molecule has 0 aliphatic heterocycles. The maximum Gasteiger partial charge on any atom is -0.0131 e. The van der Waals surface area contributed by atoms with Gasteiger partial charge in [0.2, 0.25) is 0 Å². The van der Waals surface area contributed by atoms with Crippen LogP contribution >= 0.6 is 0 Å². The van der Waals surface area contributed by atoms with Crippen LogP contribution in [0.15, 0.2) is 48.6 Å². The Morgan fingerprint density at radius 1 is 1.07 bits per heavy atom. The quantitative estimate of drug-likeness (QED) is 0.617. The zero-order valence-electron chi connectivity index (χ0n) is 8.83. The molecule has 0 spiro atoms. The van der Waals surface area contributed by atoms with E-state index in [4.69, 9.17) is 0 Å². The van der Waals surface area contributed by atoms with Crippen LogP contribution in [0.2, 0.25) is 0 Å². The van der Waals surface area contributed by atoms with Gasteiger partial charge in [0.25, 0.3) is 0 Å². The number of hydrogen-bond acceptors (Lipinski definition) is 0. The molecule has 14 heavy (non-hydrogen) atoms. The van der Waals surface area contributed by atoms with Crippen molar-refractivity contribution in [3.05, 3.63) is 54.1 Å². The largest absolute Gasteiger partial charge is 0.0831 e. The van der Waals surface area contributed by atoms with E-state index in [0.717, 1.165) is 6.42 Å². The second-order valence-corrected chi connectivity index (χ2v) is 4.56. The molecule has 0 atom stereocenters. The van der Waals surface area contributed by atoms with Crippen LogP contribution in [0.4, 0.5) is 0 Å². The lowest BCUT2D eigenvalue weighted by molar-refractivity contribution is 0.486. The highest BCUT2D eigenvalue weighted by atomic mass is 14.2. The summed E-state index contributed by atoms with van der Waals surface area (Å²) in [5.41, 5.74) is 2.97. The normalized spacial score (nSPS) is 19.1. The number of allylic oxidation sites excluding steroid dienone is 4. The molecule has 0 heteroatoms. The van der Waals surface area contributed by atoms with Gasteiger partial charge in [-0.15, -0.1) is 0 Å². The van der Waals surface area contributed by atoms with Crippen molar-refractivity contribution in [2.45, 2.75) is 20.3 Å². The molecule has 0 bridgehead atoms. The molecular weight excluding hydrogens is 168 g/mol.